The third-order valence-corrected chi connectivity index (χ3v) is 4.67. The van der Waals surface area contributed by atoms with Crippen LogP contribution in [0.15, 0.2) is 0 Å². The Morgan fingerprint density at radius 2 is 1.68 bits per heavy atom. The van der Waals surface area contributed by atoms with Crippen molar-refractivity contribution in [2.24, 2.45) is 11.8 Å². The van der Waals surface area contributed by atoms with Crippen LogP contribution < -0.4 is 0 Å². The van der Waals surface area contributed by atoms with Crippen LogP contribution >= 0.6 is 0 Å². The Morgan fingerprint density at radius 3 is 2.00 bits per heavy atom. The Kier molecular flexibility index (Phi) is 4.96. The van der Waals surface area contributed by atoms with Gasteiger partial charge in [0.15, 0.2) is 0 Å². The molecule has 0 spiro atoms. The highest BCUT2D eigenvalue weighted by atomic mass is 16.4. The minimum atomic E-state index is -0.916. The average Bonchev–Trinajstić information content (AvgIpc) is 2.29. The molecule has 19 heavy (non-hydrogen) atoms. The maximum atomic E-state index is 12.3. The van der Waals surface area contributed by atoms with Gasteiger partial charge in [-0.25, -0.2) is 0 Å². The number of amides is 1. The predicted octanol–water partition coefficient (Wildman–Crippen LogP) is 1.29. The second kappa shape index (κ2) is 5.90. The molecule has 2 unspecified atom stereocenters. The first-order valence-electron chi connectivity index (χ1n) is 6.86. The molecule has 0 bridgehead atoms. The van der Waals surface area contributed by atoms with Crippen LogP contribution in [0.4, 0.5) is 0 Å². The fourth-order valence-corrected chi connectivity index (χ4v) is 2.63. The molecule has 0 radical (unpaired) electrons. The molecule has 1 saturated carbocycles. The molecule has 2 atom stereocenters. The van der Waals surface area contributed by atoms with Gasteiger partial charge in [-0.3, -0.25) is 9.59 Å². The molecular formula is C14H26N2O3. The van der Waals surface area contributed by atoms with E-state index in [1.807, 2.05) is 14.1 Å². The molecule has 1 aliphatic rings. The average molecular weight is 270 g/mol. The van der Waals surface area contributed by atoms with Gasteiger partial charge >= 0.3 is 5.97 Å². The van der Waals surface area contributed by atoms with E-state index >= 15 is 0 Å². The lowest BCUT2D eigenvalue weighted by atomic mass is 9.75. The molecule has 0 aromatic carbocycles. The summed E-state index contributed by atoms with van der Waals surface area (Å²) in [5.74, 6) is -2.13. The van der Waals surface area contributed by atoms with Crippen molar-refractivity contribution < 1.29 is 14.7 Å². The van der Waals surface area contributed by atoms with Gasteiger partial charge in [0.25, 0.3) is 0 Å². The molecule has 1 aliphatic carbocycles. The summed E-state index contributed by atoms with van der Waals surface area (Å²) in [4.78, 5) is 27.1. The van der Waals surface area contributed by atoms with Crippen molar-refractivity contribution in [3.63, 3.8) is 0 Å². The molecule has 1 amide bonds. The normalized spacial score (nSPS) is 20.5. The lowest BCUT2D eigenvalue weighted by Crippen LogP contribution is -2.58. The molecule has 0 aromatic heterocycles. The number of rotatable bonds is 6. The predicted molar refractivity (Wildman–Crippen MR) is 73.9 cm³/mol. The number of likely N-dealkylation sites (N-methyl/N-ethyl adjacent to an activating group) is 2. The van der Waals surface area contributed by atoms with E-state index in [-0.39, 0.29) is 11.4 Å². The molecule has 0 aliphatic heterocycles. The van der Waals surface area contributed by atoms with Gasteiger partial charge in [-0.05, 0) is 33.4 Å². The number of carbonyl (C=O) groups is 2. The number of carboxylic acid groups (broad SMARTS) is 1. The Hall–Kier alpha value is -1.10. The number of hydrogen-bond acceptors (Lipinski definition) is 3. The molecule has 5 nitrogen and oxygen atoms in total. The van der Waals surface area contributed by atoms with Crippen LogP contribution in [0.1, 0.15) is 33.1 Å². The van der Waals surface area contributed by atoms with Crippen LogP contribution in [0.5, 0.6) is 0 Å². The maximum absolute atomic E-state index is 12.3. The summed E-state index contributed by atoms with van der Waals surface area (Å²) in [5, 5.41) is 8.98. The molecule has 0 heterocycles. The van der Waals surface area contributed by atoms with Crippen LogP contribution in [0.2, 0.25) is 0 Å². The highest BCUT2D eigenvalue weighted by molar-refractivity contribution is 5.84. The van der Waals surface area contributed by atoms with E-state index in [9.17, 15) is 9.59 Å². The Morgan fingerprint density at radius 1 is 1.16 bits per heavy atom. The molecule has 0 saturated heterocycles. The van der Waals surface area contributed by atoms with Crippen molar-refractivity contribution in [1.82, 2.24) is 9.80 Å². The molecule has 1 fully saturated rings. The van der Waals surface area contributed by atoms with E-state index in [2.05, 4.69) is 4.90 Å². The van der Waals surface area contributed by atoms with Gasteiger partial charge in [-0.2, -0.15) is 0 Å². The fourth-order valence-electron chi connectivity index (χ4n) is 2.63. The van der Waals surface area contributed by atoms with Crippen LogP contribution in [-0.4, -0.2) is 60.0 Å². The van der Waals surface area contributed by atoms with E-state index in [1.54, 1.807) is 25.8 Å². The second-order valence-corrected chi connectivity index (χ2v) is 6.08. The maximum Gasteiger partial charge on any atom is 0.307 e. The van der Waals surface area contributed by atoms with Gasteiger partial charge in [0.1, 0.15) is 0 Å². The first-order valence-corrected chi connectivity index (χ1v) is 6.86. The molecule has 110 valence electrons. The number of nitrogens with zero attached hydrogens (tertiary/aromatic N) is 2. The highest BCUT2D eigenvalue weighted by Crippen LogP contribution is 2.36. The molecule has 0 aromatic rings. The smallest absolute Gasteiger partial charge is 0.307 e. The monoisotopic (exact) mass is 270 g/mol. The van der Waals surface area contributed by atoms with Crippen molar-refractivity contribution in [3.8, 4) is 0 Å². The third kappa shape index (κ3) is 3.26. The largest absolute Gasteiger partial charge is 0.481 e. The van der Waals surface area contributed by atoms with Gasteiger partial charge < -0.3 is 14.9 Å². The Labute approximate surface area is 115 Å². The summed E-state index contributed by atoms with van der Waals surface area (Å²) in [6, 6.07) is 0. The molecule has 5 heteroatoms. The second-order valence-electron chi connectivity index (χ2n) is 6.08. The van der Waals surface area contributed by atoms with Crippen molar-refractivity contribution >= 4 is 11.9 Å². The number of carboxylic acids is 1. The van der Waals surface area contributed by atoms with Gasteiger partial charge in [-0.15, -0.1) is 0 Å². The topological polar surface area (TPSA) is 60.9 Å². The van der Waals surface area contributed by atoms with E-state index in [0.717, 1.165) is 12.8 Å². The van der Waals surface area contributed by atoms with Gasteiger partial charge in [0.2, 0.25) is 5.91 Å². The van der Waals surface area contributed by atoms with Gasteiger partial charge in [-0.1, -0.05) is 13.8 Å². The summed E-state index contributed by atoms with van der Waals surface area (Å²) < 4.78 is 0. The van der Waals surface area contributed by atoms with Gasteiger partial charge in [0.05, 0.1) is 5.92 Å². The minimum Gasteiger partial charge on any atom is -0.481 e. The zero-order valence-electron chi connectivity index (χ0n) is 12.6. The molecule has 1 N–H and O–H groups in total. The lowest BCUT2D eigenvalue weighted by molar-refractivity contribution is -0.149. The SMILES string of the molecule is CC(C(=O)O)C(C)C(=O)N(C)CC1(N(C)C)CCC1. The molecular weight excluding hydrogens is 244 g/mol. The van der Waals surface area contributed by atoms with Crippen LogP contribution in [-0.2, 0) is 9.59 Å². The van der Waals surface area contributed by atoms with Crippen LogP contribution in [0, 0.1) is 11.8 Å². The summed E-state index contributed by atoms with van der Waals surface area (Å²) in [6.45, 7) is 3.96. The first kappa shape index (κ1) is 16.0. The van der Waals surface area contributed by atoms with Crippen LogP contribution in [0.3, 0.4) is 0 Å². The summed E-state index contributed by atoms with van der Waals surface area (Å²) >= 11 is 0. The van der Waals surface area contributed by atoms with Crippen molar-refractivity contribution in [2.75, 3.05) is 27.7 Å². The zero-order chi connectivity index (χ0) is 14.8. The van der Waals surface area contributed by atoms with Crippen molar-refractivity contribution in [3.05, 3.63) is 0 Å². The number of carbonyl (C=O) groups excluding carboxylic acids is 1. The number of hydrogen-bond donors (Lipinski definition) is 1. The zero-order valence-corrected chi connectivity index (χ0v) is 12.6. The van der Waals surface area contributed by atoms with Crippen molar-refractivity contribution in [1.29, 1.82) is 0 Å². The summed E-state index contributed by atoms with van der Waals surface area (Å²) in [5.41, 5.74) is 0.0800. The van der Waals surface area contributed by atoms with Crippen LogP contribution in [0.25, 0.3) is 0 Å². The van der Waals surface area contributed by atoms with E-state index in [0.29, 0.717) is 6.54 Å². The standard InChI is InChI=1S/C14H26N2O3/c1-10(11(2)13(18)19)12(17)16(5)9-14(15(3)4)7-6-8-14/h10-11H,6-9H2,1-5H3,(H,18,19). The summed E-state index contributed by atoms with van der Waals surface area (Å²) in [6.07, 6.45) is 3.39. The van der Waals surface area contributed by atoms with E-state index in [4.69, 9.17) is 5.11 Å². The third-order valence-electron chi connectivity index (χ3n) is 4.67. The van der Waals surface area contributed by atoms with E-state index in [1.165, 1.54) is 6.42 Å². The highest BCUT2D eigenvalue weighted by Gasteiger charge is 2.41. The minimum absolute atomic E-state index is 0.0800. The van der Waals surface area contributed by atoms with Crippen molar-refractivity contribution in [2.45, 2.75) is 38.6 Å². The molecule has 1 rings (SSSR count). The van der Waals surface area contributed by atoms with E-state index < -0.39 is 17.8 Å². The Bertz CT molecular complexity index is 351. The first-order chi connectivity index (χ1) is 8.71. The summed E-state index contributed by atoms with van der Waals surface area (Å²) in [7, 11) is 5.86. The fraction of sp³-hybridized carbons (Fsp3) is 0.857. The quantitative estimate of drug-likeness (QED) is 0.790. The number of aliphatic carboxylic acids is 1. The lowest BCUT2D eigenvalue weighted by Gasteiger charge is -2.49. The Balaban J connectivity index is 2.65. The van der Waals surface area contributed by atoms with Gasteiger partial charge in [0, 0.05) is 25.0 Å².